The van der Waals surface area contributed by atoms with Crippen molar-refractivity contribution in [3.8, 4) is 34.0 Å². The standard InChI is InChI=1S/C40H43N7O4/c1-40(2,3)51-39(48)47-34-15-14-31(23-30(34)26-41-47)42-38-32-24-36(50-21-20-46-18-16-45(4)17-19-46)35(49-5)25-33(32)43-37(44-38)29-13-9-12-28(22-29)27-10-7-6-8-11-27/h6-15,22-26H,16-21H2,1-5H3,(H,42,43,44). The van der Waals surface area contributed by atoms with E-state index in [1.54, 1.807) is 13.3 Å². The van der Waals surface area contributed by atoms with Crippen molar-refractivity contribution in [3.63, 3.8) is 0 Å². The molecule has 11 nitrogen and oxygen atoms in total. The summed E-state index contributed by atoms with van der Waals surface area (Å²) in [6, 6.07) is 28.0. The first-order valence-corrected chi connectivity index (χ1v) is 17.2. The molecule has 0 amide bonds. The number of nitrogens with one attached hydrogen (secondary N) is 1. The highest BCUT2D eigenvalue weighted by Crippen LogP contribution is 2.37. The Bertz CT molecular complexity index is 2170. The van der Waals surface area contributed by atoms with Crippen LogP contribution in [-0.2, 0) is 4.74 Å². The third-order valence-corrected chi connectivity index (χ3v) is 8.87. The predicted molar refractivity (Wildman–Crippen MR) is 201 cm³/mol. The smallest absolute Gasteiger partial charge is 0.435 e. The van der Waals surface area contributed by atoms with Crippen LogP contribution in [0.5, 0.6) is 11.5 Å². The van der Waals surface area contributed by atoms with Crippen molar-refractivity contribution in [2.24, 2.45) is 0 Å². The zero-order chi connectivity index (χ0) is 35.5. The maximum absolute atomic E-state index is 12.8. The van der Waals surface area contributed by atoms with Gasteiger partial charge in [-0.2, -0.15) is 9.78 Å². The minimum Gasteiger partial charge on any atom is -0.493 e. The average Bonchev–Trinajstić information content (AvgIpc) is 3.55. The summed E-state index contributed by atoms with van der Waals surface area (Å²) in [6.07, 6.45) is 1.12. The van der Waals surface area contributed by atoms with Crippen LogP contribution in [0.4, 0.5) is 16.3 Å². The molecule has 51 heavy (non-hydrogen) atoms. The molecule has 3 heterocycles. The number of hydrogen-bond acceptors (Lipinski definition) is 10. The third-order valence-electron chi connectivity index (χ3n) is 8.87. The van der Waals surface area contributed by atoms with Crippen LogP contribution in [0.1, 0.15) is 20.8 Å². The van der Waals surface area contributed by atoms with Crippen molar-refractivity contribution in [1.29, 1.82) is 0 Å². The lowest BCUT2D eigenvalue weighted by Gasteiger charge is -2.32. The second-order valence-electron chi connectivity index (χ2n) is 13.8. The molecular weight excluding hydrogens is 642 g/mol. The predicted octanol–water partition coefficient (Wildman–Crippen LogP) is 7.48. The quantitative estimate of drug-likeness (QED) is 0.165. The second kappa shape index (κ2) is 14.4. The van der Waals surface area contributed by atoms with E-state index >= 15 is 0 Å². The Morgan fingerprint density at radius 2 is 1.61 bits per heavy atom. The van der Waals surface area contributed by atoms with Gasteiger partial charge in [0.15, 0.2) is 17.3 Å². The highest BCUT2D eigenvalue weighted by molar-refractivity contribution is 5.96. The Kier molecular flexibility index (Phi) is 9.57. The number of anilines is 2. The van der Waals surface area contributed by atoms with Gasteiger partial charge in [0.25, 0.3) is 0 Å². The topological polar surface area (TPSA) is 107 Å². The summed E-state index contributed by atoms with van der Waals surface area (Å²) in [5.74, 6) is 2.39. The number of piperazine rings is 1. The number of fused-ring (bicyclic) bond motifs is 2. The van der Waals surface area contributed by atoms with Crippen LogP contribution in [0.25, 0.3) is 44.3 Å². The SMILES string of the molecule is COc1cc2nc(-c3cccc(-c4ccccc4)c3)nc(Nc3ccc4c(cnn4C(=O)OC(C)(C)C)c3)c2cc1OCCN1CCN(C)CC1. The minimum atomic E-state index is -0.640. The number of ether oxygens (including phenoxy) is 3. The third kappa shape index (κ3) is 7.79. The van der Waals surface area contributed by atoms with E-state index in [9.17, 15) is 4.79 Å². The summed E-state index contributed by atoms with van der Waals surface area (Å²) in [7, 11) is 3.80. The fourth-order valence-corrected chi connectivity index (χ4v) is 6.16. The monoisotopic (exact) mass is 685 g/mol. The van der Waals surface area contributed by atoms with Crippen LogP contribution >= 0.6 is 0 Å². The molecule has 0 unspecified atom stereocenters. The van der Waals surface area contributed by atoms with E-state index in [4.69, 9.17) is 24.2 Å². The van der Waals surface area contributed by atoms with Crippen LogP contribution in [0.2, 0.25) is 0 Å². The van der Waals surface area contributed by atoms with E-state index in [1.165, 1.54) is 4.68 Å². The van der Waals surface area contributed by atoms with Gasteiger partial charge in [-0.05, 0) is 69.3 Å². The zero-order valence-corrected chi connectivity index (χ0v) is 29.7. The normalized spacial score (nSPS) is 14.1. The maximum atomic E-state index is 12.8. The van der Waals surface area contributed by atoms with Crippen molar-refractivity contribution < 1.29 is 19.0 Å². The van der Waals surface area contributed by atoms with Gasteiger partial charge in [-0.3, -0.25) is 4.90 Å². The summed E-state index contributed by atoms with van der Waals surface area (Å²) in [5, 5.41) is 9.40. The molecule has 0 bridgehead atoms. The molecule has 1 fully saturated rings. The number of rotatable bonds is 9. The molecule has 1 aliphatic heterocycles. The molecule has 4 aromatic carbocycles. The maximum Gasteiger partial charge on any atom is 0.435 e. The molecule has 262 valence electrons. The molecule has 1 aliphatic rings. The van der Waals surface area contributed by atoms with Gasteiger partial charge in [-0.15, -0.1) is 0 Å². The van der Waals surface area contributed by atoms with E-state index < -0.39 is 11.7 Å². The number of carbonyl (C=O) groups excluding carboxylic acids is 1. The van der Waals surface area contributed by atoms with Crippen molar-refractivity contribution in [1.82, 2.24) is 29.5 Å². The van der Waals surface area contributed by atoms with E-state index in [2.05, 4.69) is 51.5 Å². The van der Waals surface area contributed by atoms with Crippen LogP contribution in [0.3, 0.4) is 0 Å². The van der Waals surface area contributed by atoms with Crippen LogP contribution in [-0.4, -0.2) is 94.7 Å². The van der Waals surface area contributed by atoms with E-state index in [0.717, 1.165) is 65.9 Å². The Labute approximate surface area is 297 Å². The lowest BCUT2D eigenvalue weighted by atomic mass is 10.0. The molecule has 0 saturated carbocycles. The molecule has 2 aromatic heterocycles. The van der Waals surface area contributed by atoms with Gasteiger partial charge in [0.05, 0.1) is 24.3 Å². The van der Waals surface area contributed by atoms with E-state index in [-0.39, 0.29) is 0 Å². The van der Waals surface area contributed by atoms with Gasteiger partial charge in [0.1, 0.15) is 18.0 Å². The molecule has 0 atom stereocenters. The summed E-state index contributed by atoms with van der Waals surface area (Å²) < 4.78 is 19.0. The lowest BCUT2D eigenvalue weighted by molar-refractivity contribution is 0.0522. The largest absolute Gasteiger partial charge is 0.493 e. The summed E-state index contributed by atoms with van der Waals surface area (Å²) >= 11 is 0. The molecule has 1 N–H and O–H groups in total. The number of benzene rings is 4. The average molecular weight is 686 g/mol. The first kappa shape index (κ1) is 34.0. The number of carbonyl (C=O) groups is 1. The molecule has 1 saturated heterocycles. The van der Waals surface area contributed by atoms with Gasteiger partial charge in [-0.25, -0.2) is 14.8 Å². The Hall–Kier alpha value is -5.52. The summed E-state index contributed by atoms with van der Waals surface area (Å²) in [4.78, 5) is 27.7. The molecule has 0 radical (unpaired) electrons. The zero-order valence-electron chi connectivity index (χ0n) is 29.7. The van der Waals surface area contributed by atoms with Crippen LogP contribution in [0.15, 0.2) is 91.1 Å². The van der Waals surface area contributed by atoms with Gasteiger partial charge in [0.2, 0.25) is 0 Å². The van der Waals surface area contributed by atoms with E-state index in [1.807, 2.05) is 81.4 Å². The fourth-order valence-electron chi connectivity index (χ4n) is 6.16. The molecule has 6 aromatic rings. The van der Waals surface area contributed by atoms with Crippen LogP contribution in [0, 0.1) is 0 Å². The van der Waals surface area contributed by atoms with Gasteiger partial charge < -0.3 is 24.4 Å². The van der Waals surface area contributed by atoms with Gasteiger partial charge in [0, 0.05) is 60.8 Å². The molecule has 11 heteroatoms. The van der Waals surface area contributed by atoms with E-state index in [0.29, 0.717) is 40.8 Å². The van der Waals surface area contributed by atoms with Crippen molar-refractivity contribution in [2.75, 3.05) is 58.8 Å². The van der Waals surface area contributed by atoms with Crippen LogP contribution < -0.4 is 14.8 Å². The van der Waals surface area contributed by atoms with Crippen molar-refractivity contribution >= 4 is 39.4 Å². The Morgan fingerprint density at radius 3 is 2.37 bits per heavy atom. The first-order valence-electron chi connectivity index (χ1n) is 17.2. The number of likely N-dealkylation sites (N-methyl/N-ethyl adjacent to an activating group) is 1. The minimum absolute atomic E-state index is 0.526. The number of hydrogen-bond donors (Lipinski definition) is 1. The van der Waals surface area contributed by atoms with Gasteiger partial charge >= 0.3 is 6.09 Å². The van der Waals surface area contributed by atoms with Gasteiger partial charge in [-0.1, -0.05) is 48.5 Å². The molecule has 7 rings (SSSR count). The summed E-state index contributed by atoms with van der Waals surface area (Å²) in [5.41, 5.74) is 4.53. The molecule has 0 aliphatic carbocycles. The molecule has 0 spiro atoms. The lowest BCUT2D eigenvalue weighted by Crippen LogP contribution is -2.45. The Morgan fingerprint density at radius 1 is 0.843 bits per heavy atom. The summed E-state index contributed by atoms with van der Waals surface area (Å²) in [6.45, 7) is 11.0. The number of nitrogens with zero attached hydrogens (tertiary/aromatic N) is 6. The highest BCUT2D eigenvalue weighted by Gasteiger charge is 2.21. The number of aromatic nitrogens is 4. The Balaban J connectivity index is 1.25. The highest BCUT2D eigenvalue weighted by atomic mass is 16.6. The second-order valence-corrected chi connectivity index (χ2v) is 13.8. The van der Waals surface area contributed by atoms with Crippen molar-refractivity contribution in [3.05, 3.63) is 91.1 Å². The first-order chi connectivity index (χ1) is 24.6. The molecular formula is C40H43N7O4. The fraction of sp³-hybridized carbons (Fsp3) is 0.300. The number of methoxy groups -OCH3 is 1. The van der Waals surface area contributed by atoms with Crippen molar-refractivity contribution in [2.45, 2.75) is 26.4 Å².